The third kappa shape index (κ3) is 4.89. The molecule has 0 bridgehead atoms. The highest BCUT2D eigenvalue weighted by molar-refractivity contribution is 6.05. The average Bonchev–Trinajstić information content (AvgIpc) is 2.56. The molecule has 2 rings (SSSR count). The van der Waals surface area contributed by atoms with Crippen LogP contribution in [0.4, 0.5) is 11.5 Å². The van der Waals surface area contributed by atoms with Gasteiger partial charge in [-0.2, -0.15) is 0 Å². The molecule has 0 unspecified atom stereocenters. The minimum atomic E-state index is -0.276. The highest BCUT2D eigenvalue weighted by Gasteiger charge is 2.08. The van der Waals surface area contributed by atoms with E-state index in [1.807, 2.05) is 0 Å². The Morgan fingerprint density at radius 1 is 1.17 bits per heavy atom. The number of amides is 1. The van der Waals surface area contributed by atoms with Gasteiger partial charge in [0.15, 0.2) is 5.78 Å². The first-order chi connectivity index (χ1) is 11.1. The molecule has 0 aliphatic rings. The fourth-order valence-corrected chi connectivity index (χ4v) is 1.93. The van der Waals surface area contributed by atoms with E-state index in [0.717, 1.165) is 0 Å². The Morgan fingerprint density at radius 3 is 2.65 bits per heavy atom. The molecule has 1 aromatic heterocycles. The molecule has 0 aliphatic carbocycles. The molecule has 1 heterocycles. The van der Waals surface area contributed by atoms with E-state index in [9.17, 15) is 9.59 Å². The second kappa shape index (κ2) is 8.05. The van der Waals surface area contributed by atoms with Crippen molar-refractivity contribution in [3.8, 4) is 0 Å². The van der Waals surface area contributed by atoms with Crippen molar-refractivity contribution >= 4 is 23.2 Å². The number of anilines is 2. The van der Waals surface area contributed by atoms with Gasteiger partial charge in [-0.15, -0.1) is 0 Å². The lowest BCUT2D eigenvalue weighted by Gasteiger charge is -2.08. The lowest BCUT2D eigenvalue weighted by atomic mass is 10.1. The quantitative estimate of drug-likeness (QED) is 0.606. The minimum absolute atomic E-state index is 0.0470. The van der Waals surface area contributed by atoms with E-state index >= 15 is 0 Å². The number of aromatic nitrogens is 1. The monoisotopic (exact) mass is 313 g/mol. The first-order valence-electron chi connectivity index (χ1n) is 7.21. The van der Waals surface area contributed by atoms with E-state index < -0.39 is 0 Å². The summed E-state index contributed by atoms with van der Waals surface area (Å²) in [4.78, 5) is 27.7. The molecule has 0 fully saturated rings. The summed E-state index contributed by atoms with van der Waals surface area (Å²) in [6.45, 7) is 2.71. The molecule has 6 heteroatoms. The van der Waals surface area contributed by atoms with Crippen LogP contribution in [0.25, 0.3) is 0 Å². The number of nitrogens with one attached hydrogen (secondary N) is 2. The molecule has 23 heavy (non-hydrogen) atoms. The topological polar surface area (TPSA) is 80.3 Å². The van der Waals surface area contributed by atoms with Gasteiger partial charge in [0.1, 0.15) is 5.82 Å². The molecule has 0 spiro atoms. The molecule has 6 nitrogen and oxygen atoms in total. The Labute approximate surface area is 134 Å². The van der Waals surface area contributed by atoms with Gasteiger partial charge in [-0.1, -0.05) is 12.1 Å². The van der Waals surface area contributed by atoms with E-state index in [1.54, 1.807) is 43.5 Å². The predicted molar refractivity (Wildman–Crippen MR) is 89.0 cm³/mol. The smallest absolute Gasteiger partial charge is 0.257 e. The molecule has 0 saturated heterocycles. The third-order valence-electron chi connectivity index (χ3n) is 3.16. The number of hydrogen-bond acceptors (Lipinski definition) is 5. The molecule has 1 aromatic carbocycles. The molecule has 0 saturated carbocycles. The minimum Gasteiger partial charge on any atom is -0.383 e. The van der Waals surface area contributed by atoms with E-state index in [0.29, 0.717) is 35.8 Å². The molecule has 2 aromatic rings. The summed E-state index contributed by atoms with van der Waals surface area (Å²) in [7, 11) is 1.63. The van der Waals surface area contributed by atoms with Crippen LogP contribution in [0.5, 0.6) is 0 Å². The summed E-state index contributed by atoms with van der Waals surface area (Å²) >= 11 is 0. The Balaban J connectivity index is 2.00. The maximum atomic E-state index is 12.2. The van der Waals surface area contributed by atoms with Crippen LogP contribution in [0.1, 0.15) is 27.6 Å². The van der Waals surface area contributed by atoms with Gasteiger partial charge in [-0.25, -0.2) is 4.98 Å². The number of nitrogens with zero attached hydrogens (tertiary/aromatic N) is 1. The van der Waals surface area contributed by atoms with Gasteiger partial charge in [0.25, 0.3) is 5.91 Å². The normalized spacial score (nSPS) is 10.2. The summed E-state index contributed by atoms with van der Waals surface area (Å²) in [6, 6.07) is 10.2. The van der Waals surface area contributed by atoms with E-state index in [2.05, 4.69) is 15.6 Å². The number of ketones is 1. The summed E-state index contributed by atoms with van der Waals surface area (Å²) in [6.07, 6.45) is 1.50. The SMILES string of the molecule is COCCNc1ccc(C(=O)Nc2cccc(C(C)=O)c2)cn1. The number of pyridine rings is 1. The highest BCUT2D eigenvalue weighted by Crippen LogP contribution is 2.13. The molecule has 120 valence electrons. The van der Waals surface area contributed by atoms with E-state index in [1.165, 1.54) is 13.1 Å². The number of carbonyl (C=O) groups excluding carboxylic acids is 2. The van der Waals surface area contributed by atoms with Crippen molar-refractivity contribution in [2.75, 3.05) is 30.9 Å². The van der Waals surface area contributed by atoms with Gasteiger partial charge in [0, 0.05) is 31.1 Å². The molecule has 0 atom stereocenters. The average molecular weight is 313 g/mol. The Morgan fingerprint density at radius 2 is 2.00 bits per heavy atom. The second-order valence-corrected chi connectivity index (χ2v) is 4.94. The van der Waals surface area contributed by atoms with Gasteiger partial charge < -0.3 is 15.4 Å². The molecule has 0 aliphatic heterocycles. The summed E-state index contributed by atoms with van der Waals surface area (Å²) < 4.78 is 4.94. The number of Topliss-reactive ketones (excluding diaryl/α,β-unsaturated/α-hetero) is 1. The van der Waals surface area contributed by atoms with Crippen LogP contribution in [-0.4, -0.2) is 36.9 Å². The van der Waals surface area contributed by atoms with Crippen molar-refractivity contribution in [1.82, 2.24) is 4.98 Å². The largest absolute Gasteiger partial charge is 0.383 e. The van der Waals surface area contributed by atoms with Crippen LogP contribution in [-0.2, 0) is 4.74 Å². The van der Waals surface area contributed by atoms with Crippen LogP contribution in [0.3, 0.4) is 0 Å². The molecule has 0 radical (unpaired) electrons. The van der Waals surface area contributed by atoms with Gasteiger partial charge >= 0.3 is 0 Å². The zero-order valence-corrected chi connectivity index (χ0v) is 13.1. The number of hydrogen-bond donors (Lipinski definition) is 2. The number of ether oxygens (including phenoxy) is 1. The van der Waals surface area contributed by atoms with Gasteiger partial charge in [-0.3, -0.25) is 9.59 Å². The Hall–Kier alpha value is -2.73. The van der Waals surface area contributed by atoms with E-state index in [4.69, 9.17) is 4.74 Å². The number of carbonyl (C=O) groups is 2. The fraction of sp³-hybridized carbons (Fsp3) is 0.235. The first-order valence-corrected chi connectivity index (χ1v) is 7.21. The van der Waals surface area contributed by atoms with Gasteiger partial charge in [0.05, 0.1) is 12.2 Å². The maximum absolute atomic E-state index is 12.2. The van der Waals surface area contributed by atoms with Crippen molar-refractivity contribution in [1.29, 1.82) is 0 Å². The van der Waals surface area contributed by atoms with Crippen molar-refractivity contribution in [2.24, 2.45) is 0 Å². The van der Waals surface area contributed by atoms with Crippen molar-refractivity contribution in [3.05, 3.63) is 53.7 Å². The van der Waals surface area contributed by atoms with Crippen LogP contribution in [0.2, 0.25) is 0 Å². The first kappa shape index (κ1) is 16.6. The zero-order valence-electron chi connectivity index (χ0n) is 13.1. The summed E-state index contributed by atoms with van der Waals surface area (Å²) in [5.41, 5.74) is 1.57. The highest BCUT2D eigenvalue weighted by atomic mass is 16.5. The molecule has 2 N–H and O–H groups in total. The summed E-state index contributed by atoms with van der Waals surface area (Å²) in [5.74, 6) is 0.355. The van der Waals surface area contributed by atoms with Crippen LogP contribution >= 0.6 is 0 Å². The van der Waals surface area contributed by atoms with Crippen molar-refractivity contribution in [3.63, 3.8) is 0 Å². The van der Waals surface area contributed by atoms with Crippen molar-refractivity contribution < 1.29 is 14.3 Å². The third-order valence-corrected chi connectivity index (χ3v) is 3.16. The molecular formula is C17H19N3O3. The number of benzene rings is 1. The number of methoxy groups -OCH3 is 1. The van der Waals surface area contributed by atoms with Gasteiger partial charge in [-0.05, 0) is 31.2 Å². The van der Waals surface area contributed by atoms with Crippen LogP contribution in [0.15, 0.2) is 42.6 Å². The Bertz CT molecular complexity index is 684. The Kier molecular flexibility index (Phi) is 5.82. The lowest BCUT2D eigenvalue weighted by Crippen LogP contribution is -2.13. The standard InChI is InChI=1S/C17H19N3O3/c1-12(21)13-4-3-5-15(10-13)20-17(22)14-6-7-16(19-11-14)18-8-9-23-2/h3-7,10-11H,8-9H2,1-2H3,(H,18,19)(H,20,22). The van der Waals surface area contributed by atoms with Crippen LogP contribution in [0, 0.1) is 0 Å². The van der Waals surface area contributed by atoms with E-state index in [-0.39, 0.29) is 11.7 Å². The maximum Gasteiger partial charge on any atom is 0.257 e. The predicted octanol–water partition coefficient (Wildman–Crippen LogP) is 2.59. The fourth-order valence-electron chi connectivity index (χ4n) is 1.93. The second-order valence-electron chi connectivity index (χ2n) is 4.94. The van der Waals surface area contributed by atoms with Gasteiger partial charge in [0.2, 0.25) is 0 Å². The lowest BCUT2D eigenvalue weighted by molar-refractivity contribution is 0.101. The zero-order chi connectivity index (χ0) is 16.7. The molecule has 1 amide bonds. The van der Waals surface area contributed by atoms with Crippen LogP contribution < -0.4 is 10.6 Å². The summed E-state index contributed by atoms with van der Waals surface area (Å²) in [5, 5.41) is 5.83. The number of rotatable bonds is 7. The molecular weight excluding hydrogens is 294 g/mol. The van der Waals surface area contributed by atoms with Crippen molar-refractivity contribution in [2.45, 2.75) is 6.92 Å².